The van der Waals surface area contributed by atoms with Crippen molar-refractivity contribution in [1.82, 2.24) is 4.90 Å². The lowest BCUT2D eigenvalue weighted by Crippen LogP contribution is -2.26. The molecule has 1 aliphatic carbocycles. The topological polar surface area (TPSA) is 3.24 Å². The fourth-order valence-corrected chi connectivity index (χ4v) is 2.52. The largest absolute Gasteiger partial charge is 0.378 e. The summed E-state index contributed by atoms with van der Waals surface area (Å²) in [7, 11) is 2.24. The summed E-state index contributed by atoms with van der Waals surface area (Å²) in [5.41, 5.74) is 3.24. The molecular formula is C12H23N. The van der Waals surface area contributed by atoms with Crippen molar-refractivity contribution in [2.24, 2.45) is 5.92 Å². The van der Waals surface area contributed by atoms with E-state index in [-0.39, 0.29) is 0 Å². The summed E-state index contributed by atoms with van der Waals surface area (Å²) in [5, 5.41) is 0. The lowest BCUT2D eigenvalue weighted by atomic mass is 9.88. The van der Waals surface area contributed by atoms with E-state index in [1.807, 2.05) is 0 Å². The van der Waals surface area contributed by atoms with Crippen molar-refractivity contribution in [1.29, 1.82) is 0 Å². The van der Waals surface area contributed by atoms with Crippen LogP contribution < -0.4 is 0 Å². The van der Waals surface area contributed by atoms with Gasteiger partial charge in [0.25, 0.3) is 0 Å². The van der Waals surface area contributed by atoms with Crippen LogP contribution in [0.4, 0.5) is 0 Å². The summed E-state index contributed by atoms with van der Waals surface area (Å²) in [6.45, 7) is 8.12. The van der Waals surface area contributed by atoms with Crippen molar-refractivity contribution >= 4 is 0 Å². The molecule has 0 N–H and O–H groups in total. The van der Waals surface area contributed by atoms with Gasteiger partial charge in [0.1, 0.15) is 0 Å². The number of rotatable bonds is 3. The highest BCUT2D eigenvalue weighted by Crippen LogP contribution is 2.31. The van der Waals surface area contributed by atoms with Crippen LogP contribution in [-0.2, 0) is 0 Å². The van der Waals surface area contributed by atoms with Crippen molar-refractivity contribution in [3.63, 3.8) is 0 Å². The Morgan fingerprint density at radius 3 is 2.69 bits per heavy atom. The molecule has 1 nitrogen and oxygen atoms in total. The Kier molecular flexibility index (Phi) is 3.83. The maximum absolute atomic E-state index is 2.46. The first-order valence-electron chi connectivity index (χ1n) is 5.57. The molecule has 1 aliphatic rings. The van der Waals surface area contributed by atoms with Crippen LogP contribution in [0.1, 0.15) is 46.5 Å². The van der Waals surface area contributed by atoms with Gasteiger partial charge in [-0.2, -0.15) is 0 Å². The minimum Gasteiger partial charge on any atom is -0.378 e. The van der Waals surface area contributed by atoms with E-state index >= 15 is 0 Å². The van der Waals surface area contributed by atoms with Gasteiger partial charge in [-0.3, -0.25) is 0 Å². The van der Waals surface area contributed by atoms with Gasteiger partial charge in [-0.05, 0) is 38.5 Å². The van der Waals surface area contributed by atoms with Crippen LogP contribution in [0.25, 0.3) is 0 Å². The minimum atomic E-state index is 0.783. The average Bonchev–Trinajstić information content (AvgIpc) is 2.04. The number of hydrogen-bond acceptors (Lipinski definition) is 1. The molecule has 0 fully saturated rings. The van der Waals surface area contributed by atoms with Crippen LogP contribution in [0.15, 0.2) is 11.3 Å². The van der Waals surface area contributed by atoms with Crippen LogP contribution in [0.5, 0.6) is 0 Å². The number of allylic oxidation sites excluding steroid dienone is 2. The molecule has 1 rings (SSSR count). The van der Waals surface area contributed by atoms with E-state index in [2.05, 4.69) is 32.7 Å². The molecule has 0 saturated carbocycles. The molecule has 0 radical (unpaired) electrons. The molecule has 0 spiro atoms. The van der Waals surface area contributed by atoms with Crippen molar-refractivity contribution in [3.05, 3.63) is 11.3 Å². The molecule has 0 bridgehead atoms. The van der Waals surface area contributed by atoms with Crippen LogP contribution >= 0.6 is 0 Å². The van der Waals surface area contributed by atoms with Crippen LogP contribution in [0, 0.1) is 5.92 Å². The highest BCUT2D eigenvalue weighted by atomic mass is 15.1. The quantitative estimate of drug-likeness (QED) is 0.645. The third-order valence-corrected chi connectivity index (χ3v) is 3.06. The van der Waals surface area contributed by atoms with Gasteiger partial charge in [0, 0.05) is 19.3 Å². The van der Waals surface area contributed by atoms with E-state index in [9.17, 15) is 0 Å². The fourth-order valence-electron chi connectivity index (χ4n) is 2.52. The molecule has 1 atom stereocenters. The average molecular weight is 181 g/mol. The Balaban J connectivity index is 2.72. The van der Waals surface area contributed by atoms with Gasteiger partial charge in [0.2, 0.25) is 0 Å². The zero-order valence-electron chi connectivity index (χ0n) is 9.56. The summed E-state index contributed by atoms with van der Waals surface area (Å²) < 4.78 is 0. The summed E-state index contributed by atoms with van der Waals surface area (Å²) in [4.78, 5) is 2.46. The second kappa shape index (κ2) is 4.69. The first-order valence-corrected chi connectivity index (χ1v) is 5.57. The second-order valence-corrected chi connectivity index (χ2v) is 4.38. The predicted molar refractivity (Wildman–Crippen MR) is 58.6 cm³/mol. The zero-order valence-corrected chi connectivity index (χ0v) is 9.56. The first-order chi connectivity index (χ1) is 6.16. The van der Waals surface area contributed by atoms with E-state index in [0.29, 0.717) is 0 Å². The zero-order chi connectivity index (χ0) is 9.84. The van der Waals surface area contributed by atoms with Crippen molar-refractivity contribution in [2.45, 2.75) is 46.5 Å². The van der Waals surface area contributed by atoms with E-state index in [0.717, 1.165) is 5.92 Å². The normalized spacial score (nSPS) is 23.5. The van der Waals surface area contributed by atoms with Gasteiger partial charge >= 0.3 is 0 Å². The van der Waals surface area contributed by atoms with E-state index in [4.69, 9.17) is 0 Å². The summed E-state index contributed by atoms with van der Waals surface area (Å²) in [6, 6.07) is 0. The SMILES string of the molecule is CCCN(C)C1=C(C)CCCC1C. The van der Waals surface area contributed by atoms with Crippen LogP contribution in [0.3, 0.4) is 0 Å². The van der Waals surface area contributed by atoms with E-state index < -0.39 is 0 Å². The molecule has 76 valence electrons. The minimum absolute atomic E-state index is 0.783. The molecular weight excluding hydrogens is 158 g/mol. The molecule has 0 aromatic carbocycles. The third-order valence-electron chi connectivity index (χ3n) is 3.06. The van der Waals surface area contributed by atoms with Crippen LogP contribution in [-0.4, -0.2) is 18.5 Å². The Morgan fingerprint density at radius 2 is 2.15 bits per heavy atom. The van der Waals surface area contributed by atoms with Gasteiger partial charge < -0.3 is 4.90 Å². The van der Waals surface area contributed by atoms with Gasteiger partial charge in [0.05, 0.1) is 0 Å². The Morgan fingerprint density at radius 1 is 1.46 bits per heavy atom. The predicted octanol–water partition coefficient (Wildman–Crippen LogP) is 3.42. The lowest BCUT2D eigenvalue weighted by Gasteiger charge is -2.32. The molecule has 13 heavy (non-hydrogen) atoms. The standard InChI is InChI=1S/C12H23N/c1-5-9-13(4)12-10(2)7-6-8-11(12)3/h10H,5-9H2,1-4H3. The Labute approximate surface area is 82.8 Å². The lowest BCUT2D eigenvalue weighted by molar-refractivity contribution is 0.333. The molecule has 0 heterocycles. The second-order valence-electron chi connectivity index (χ2n) is 4.38. The van der Waals surface area contributed by atoms with Gasteiger partial charge in [-0.25, -0.2) is 0 Å². The van der Waals surface area contributed by atoms with Gasteiger partial charge in [-0.1, -0.05) is 19.4 Å². The summed E-state index contributed by atoms with van der Waals surface area (Å²) in [6.07, 6.45) is 5.32. The van der Waals surface area contributed by atoms with Crippen LogP contribution in [0.2, 0.25) is 0 Å². The molecule has 1 unspecified atom stereocenters. The van der Waals surface area contributed by atoms with E-state index in [1.165, 1.54) is 32.2 Å². The maximum Gasteiger partial charge on any atom is 0.0169 e. The Bertz CT molecular complexity index is 193. The molecule has 0 aliphatic heterocycles. The highest BCUT2D eigenvalue weighted by Gasteiger charge is 2.19. The number of nitrogens with zero attached hydrogens (tertiary/aromatic N) is 1. The summed E-state index contributed by atoms with van der Waals surface area (Å²) in [5.74, 6) is 0.783. The number of hydrogen-bond donors (Lipinski definition) is 0. The van der Waals surface area contributed by atoms with Crippen molar-refractivity contribution < 1.29 is 0 Å². The monoisotopic (exact) mass is 181 g/mol. The van der Waals surface area contributed by atoms with Crippen molar-refractivity contribution in [3.8, 4) is 0 Å². The maximum atomic E-state index is 2.46. The van der Waals surface area contributed by atoms with Gasteiger partial charge in [-0.15, -0.1) is 0 Å². The molecule has 0 aromatic heterocycles. The Hall–Kier alpha value is -0.460. The fraction of sp³-hybridized carbons (Fsp3) is 0.833. The van der Waals surface area contributed by atoms with Crippen molar-refractivity contribution in [2.75, 3.05) is 13.6 Å². The van der Waals surface area contributed by atoms with E-state index in [1.54, 1.807) is 11.3 Å². The molecule has 0 amide bonds. The molecule has 1 heteroatoms. The smallest absolute Gasteiger partial charge is 0.0169 e. The third kappa shape index (κ3) is 2.49. The molecule has 0 aromatic rings. The van der Waals surface area contributed by atoms with Gasteiger partial charge in [0.15, 0.2) is 0 Å². The molecule has 0 saturated heterocycles. The highest BCUT2D eigenvalue weighted by molar-refractivity contribution is 5.16. The first kappa shape index (κ1) is 10.6. The summed E-state index contributed by atoms with van der Waals surface area (Å²) >= 11 is 0.